The summed E-state index contributed by atoms with van der Waals surface area (Å²) in [6.07, 6.45) is 2.63. The molecular weight excluding hydrogens is 542 g/mol. The molecule has 4 aromatic carbocycles. The Hall–Kier alpha value is -5.11. The SMILES string of the molecule is COc1ccc(CC2CCc3ccccc3C2N(Cc2ccccc2)C(=O)CNC(=O)Nc2cccc(C(=O)O)c2)cc1. The molecule has 0 spiro atoms. The van der Waals surface area contributed by atoms with Crippen molar-refractivity contribution in [1.29, 1.82) is 0 Å². The van der Waals surface area contributed by atoms with Crippen LogP contribution in [0.15, 0.2) is 103 Å². The number of methoxy groups -OCH3 is 1. The number of hydrogen-bond acceptors (Lipinski definition) is 4. The zero-order valence-electron chi connectivity index (χ0n) is 24.0. The van der Waals surface area contributed by atoms with E-state index in [0.717, 1.165) is 36.1 Å². The number of anilines is 1. The highest BCUT2D eigenvalue weighted by molar-refractivity contribution is 5.94. The average molecular weight is 578 g/mol. The third-order valence-electron chi connectivity index (χ3n) is 7.88. The van der Waals surface area contributed by atoms with Gasteiger partial charge in [0.05, 0.1) is 25.3 Å². The summed E-state index contributed by atoms with van der Waals surface area (Å²) >= 11 is 0. The van der Waals surface area contributed by atoms with Gasteiger partial charge in [0.2, 0.25) is 5.91 Å². The molecule has 0 saturated heterocycles. The maximum absolute atomic E-state index is 14.0. The molecule has 1 aliphatic carbocycles. The molecule has 0 bridgehead atoms. The third-order valence-corrected chi connectivity index (χ3v) is 7.88. The minimum atomic E-state index is -1.09. The molecular formula is C35H35N3O5. The quantitative estimate of drug-likeness (QED) is 0.211. The monoisotopic (exact) mass is 577 g/mol. The van der Waals surface area contributed by atoms with Crippen LogP contribution in [0.5, 0.6) is 5.75 Å². The number of amides is 3. The Labute approximate surface area is 251 Å². The van der Waals surface area contributed by atoms with Gasteiger partial charge in [0.15, 0.2) is 0 Å². The predicted octanol–water partition coefficient (Wildman–Crippen LogP) is 6.09. The topological polar surface area (TPSA) is 108 Å². The van der Waals surface area contributed by atoms with E-state index in [1.54, 1.807) is 19.2 Å². The molecule has 8 nitrogen and oxygen atoms in total. The molecule has 3 amide bonds. The number of rotatable bonds is 10. The van der Waals surface area contributed by atoms with Crippen LogP contribution in [0.25, 0.3) is 0 Å². The Morgan fingerprint density at radius 2 is 1.63 bits per heavy atom. The largest absolute Gasteiger partial charge is 0.497 e. The molecule has 0 heterocycles. The van der Waals surface area contributed by atoms with Crippen LogP contribution in [-0.4, -0.2) is 41.6 Å². The number of aryl methyl sites for hydroxylation is 1. The number of aromatic carboxylic acids is 1. The van der Waals surface area contributed by atoms with Gasteiger partial charge in [0, 0.05) is 12.2 Å². The predicted molar refractivity (Wildman–Crippen MR) is 165 cm³/mol. The van der Waals surface area contributed by atoms with E-state index in [-0.39, 0.29) is 30.0 Å². The molecule has 0 radical (unpaired) electrons. The Morgan fingerprint density at radius 1 is 0.884 bits per heavy atom. The number of carboxylic acids is 1. The number of urea groups is 1. The number of nitrogens with one attached hydrogen (secondary N) is 2. The summed E-state index contributed by atoms with van der Waals surface area (Å²) in [6, 6.07) is 31.4. The number of carboxylic acid groups (broad SMARTS) is 1. The van der Waals surface area contributed by atoms with Gasteiger partial charge >= 0.3 is 12.0 Å². The molecule has 8 heteroatoms. The van der Waals surface area contributed by atoms with Crippen molar-refractivity contribution in [2.45, 2.75) is 31.8 Å². The van der Waals surface area contributed by atoms with Crippen molar-refractivity contribution in [3.63, 3.8) is 0 Å². The van der Waals surface area contributed by atoms with Crippen molar-refractivity contribution in [3.05, 3.63) is 131 Å². The number of ether oxygens (including phenoxy) is 1. The zero-order chi connectivity index (χ0) is 30.2. The number of carbonyl (C=O) groups is 3. The van der Waals surface area contributed by atoms with Gasteiger partial charge in [-0.25, -0.2) is 9.59 Å². The van der Waals surface area contributed by atoms with Crippen LogP contribution in [0, 0.1) is 5.92 Å². The fourth-order valence-electron chi connectivity index (χ4n) is 5.79. The minimum absolute atomic E-state index is 0.0572. The van der Waals surface area contributed by atoms with Crippen LogP contribution < -0.4 is 15.4 Å². The Balaban J connectivity index is 1.40. The molecule has 0 aromatic heterocycles. The summed E-state index contributed by atoms with van der Waals surface area (Å²) in [4.78, 5) is 40.0. The first-order valence-electron chi connectivity index (χ1n) is 14.3. The van der Waals surface area contributed by atoms with E-state index in [4.69, 9.17) is 4.74 Å². The minimum Gasteiger partial charge on any atom is -0.497 e. The summed E-state index contributed by atoms with van der Waals surface area (Å²) in [5.74, 6) is -0.342. The van der Waals surface area contributed by atoms with E-state index in [0.29, 0.717) is 12.2 Å². The third kappa shape index (κ3) is 7.40. The van der Waals surface area contributed by atoms with Gasteiger partial charge in [0.25, 0.3) is 0 Å². The highest BCUT2D eigenvalue weighted by Gasteiger charge is 2.36. The van der Waals surface area contributed by atoms with Crippen LogP contribution in [0.3, 0.4) is 0 Å². The molecule has 2 unspecified atom stereocenters. The Bertz CT molecular complexity index is 1570. The van der Waals surface area contributed by atoms with E-state index >= 15 is 0 Å². The van der Waals surface area contributed by atoms with Crippen LogP contribution in [0.4, 0.5) is 10.5 Å². The van der Waals surface area contributed by atoms with E-state index in [9.17, 15) is 19.5 Å². The Kier molecular flexibility index (Phi) is 9.36. The molecule has 0 fully saturated rings. The maximum atomic E-state index is 14.0. The van der Waals surface area contributed by atoms with Gasteiger partial charge < -0.3 is 25.4 Å². The molecule has 4 aromatic rings. The molecule has 0 saturated carbocycles. The lowest BCUT2D eigenvalue weighted by atomic mass is 9.76. The Morgan fingerprint density at radius 3 is 2.37 bits per heavy atom. The zero-order valence-corrected chi connectivity index (χ0v) is 24.0. The standard InChI is InChI=1S/C35H35N3O5/c1-43-30-18-14-24(15-19-30)20-27-17-16-26-10-5-6-13-31(26)33(27)38(23-25-8-3-2-4-9-25)32(39)22-36-35(42)37-29-12-7-11-28(21-29)34(40)41/h2-15,18-19,21,27,33H,16-17,20,22-23H2,1H3,(H,40,41)(H2,36,37,42). The summed E-state index contributed by atoms with van der Waals surface area (Å²) < 4.78 is 5.34. The molecule has 5 rings (SSSR count). The van der Waals surface area contributed by atoms with Gasteiger partial charge in [-0.15, -0.1) is 0 Å². The van der Waals surface area contributed by atoms with Crippen LogP contribution >= 0.6 is 0 Å². The fourth-order valence-corrected chi connectivity index (χ4v) is 5.79. The first-order valence-corrected chi connectivity index (χ1v) is 14.3. The maximum Gasteiger partial charge on any atom is 0.335 e. The summed E-state index contributed by atoms with van der Waals surface area (Å²) in [6.45, 7) is 0.174. The average Bonchev–Trinajstić information content (AvgIpc) is 3.03. The first kappa shape index (κ1) is 29.4. The lowest BCUT2D eigenvalue weighted by molar-refractivity contribution is -0.135. The van der Waals surface area contributed by atoms with Crippen LogP contribution in [0.1, 0.15) is 45.1 Å². The molecule has 220 valence electrons. The fraction of sp³-hybridized carbons (Fsp3) is 0.229. The highest BCUT2D eigenvalue weighted by Crippen LogP contribution is 2.41. The second-order valence-electron chi connectivity index (χ2n) is 10.7. The lowest BCUT2D eigenvalue weighted by Gasteiger charge is -2.42. The molecule has 2 atom stereocenters. The first-order chi connectivity index (χ1) is 20.9. The van der Waals surface area contributed by atoms with Crippen molar-refractivity contribution >= 4 is 23.6 Å². The van der Waals surface area contributed by atoms with Crippen molar-refractivity contribution in [3.8, 4) is 5.75 Å². The second kappa shape index (κ2) is 13.7. The van der Waals surface area contributed by atoms with Gasteiger partial charge in [-0.1, -0.05) is 72.8 Å². The molecule has 3 N–H and O–H groups in total. The summed E-state index contributed by atoms with van der Waals surface area (Å²) in [5, 5.41) is 14.6. The van der Waals surface area contributed by atoms with E-state index < -0.39 is 12.0 Å². The van der Waals surface area contributed by atoms with Crippen LogP contribution in [0.2, 0.25) is 0 Å². The van der Waals surface area contributed by atoms with Crippen LogP contribution in [-0.2, 0) is 24.2 Å². The summed E-state index contributed by atoms with van der Waals surface area (Å²) in [7, 11) is 1.65. The molecule has 0 aliphatic heterocycles. The van der Waals surface area contributed by atoms with Gasteiger partial charge in [-0.2, -0.15) is 0 Å². The molecule has 43 heavy (non-hydrogen) atoms. The van der Waals surface area contributed by atoms with E-state index in [1.807, 2.05) is 59.5 Å². The second-order valence-corrected chi connectivity index (χ2v) is 10.7. The normalized spacial score (nSPS) is 15.6. The van der Waals surface area contributed by atoms with E-state index in [2.05, 4.69) is 34.9 Å². The highest BCUT2D eigenvalue weighted by atomic mass is 16.5. The van der Waals surface area contributed by atoms with Crippen molar-refractivity contribution in [2.75, 3.05) is 19.0 Å². The van der Waals surface area contributed by atoms with Gasteiger partial charge in [-0.3, -0.25) is 4.79 Å². The van der Waals surface area contributed by atoms with Gasteiger partial charge in [0.1, 0.15) is 5.75 Å². The van der Waals surface area contributed by atoms with Gasteiger partial charge in [-0.05, 0) is 77.8 Å². The number of fused-ring (bicyclic) bond motifs is 1. The van der Waals surface area contributed by atoms with Crippen molar-refractivity contribution in [1.82, 2.24) is 10.2 Å². The van der Waals surface area contributed by atoms with E-state index in [1.165, 1.54) is 23.3 Å². The van der Waals surface area contributed by atoms with Crippen molar-refractivity contribution < 1.29 is 24.2 Å². The number of hydrogen-bond donors (Lipinski definition) is 3. The number of nitrogens with zero attached hydrogens (tertiary/aromatic N) is 1. The summed E-state index contributed by atoms with van der Waals surface area (Å²) in [5.41, 5.74) is 4.91. The number of carbonyl (C=O) groups excluding carboxylic acids is 2. The smallest absolute Gasteiger partial charge is 0.335 e. The number of benzene rings is 4. The lowest BCUT2D eigenvalue weighted by Crippen LogP contribution is -2.46. The van der Waals surface area contributed by atoms with Crippen molar-refractivity contribution in [2.24, 2.45) is 5.92 Å². The molecule has 1 aliphatic rings.